The van der Waals surface area contributed by atoms with E-state index in [-0.39, 0.29) is 48.6 Å². The van der Waals surface area contributed by atoms with Gasteiger partial charge in [0.2, 0.25) is 0 Å². The maximum atomic E-state index is 13.5. The quantitative estimate of drug-likeness (QED) is 0.0874. The molecular formula is C42H40BF16IN8O8. The first-order valence-corrected chi connectivity index (χ1v) is 20.8. The standard InChI is InChI=1S/C16H10F8N4O.C12H16BF5N2O2.C10H6F3IN2O.2CO2.2CH4/c1-8-2-3-28-10(4-8)26-12(15(19,20)21)11(13(28)29)9-5-25-27(6-9)7-14(17,18)16(22,23)24;1-9(2)10(3,4)22-13(21-9)8-5-19-20(6-8)7-11(14,15)12(16,17)18;1-5-2-3-16-6(4-5)15-8(10(11,12)13)7(14)9(16)17;2*2-1-3;;/h2-6H,7H2,1H3;5-6H,7H2,1-4H3;2-4H,1H3;;;2*1H4. The molecule has 7 heterocycles. The van der Waals surface area contributed by atoms with Crippen molar-refractivity contribution in [3.63, 3.8) is 0 Å². The Morgan fingerprint density at radius 3 is 1.37 bits per heavy atom. The monoisotopic (exact) mass is 1230 g/mol. The number of aryl methyl sites for hydroxylation is 2. The van der Waals surface area contributed by atoms with Crippen LogP contribution in [0.3, 0.4) is 0 Å². The average molecular weight is 1230 g/mol. The summed E-state index contributed by atoms with van der Waals surface area (Å²) in [5, 5.41) is 6.77. The second-order valence-corrected chi connectivity index (χ2v) is 17.2. The SMILES string of the molecule is C.C.CC1(C)OB(c2cnn(CC(F)(F)C(F)(F)F)c2)OC1(C)C.Cc1ccn2c(=O)c(-c3cnn(CC(F)(F)C(F)(F)F)c3)c(C(F)(F)F)nc2c1.Cc1ccn2c(=O)c(I)c(C(F)(F)F)nc2c1.O=C=O.O=C=O. The summed E-state index contributed by atoms with van der Waals surface area (Å²) in [4.78, 5) is 63.8. The Balaban J connectivity index is 0.000000549. The van der Waals surface area contributed by atoms with E-state index in [4.69, 9.17) is 28.5 Å². The number of carbonyl (C=O) groups excluding carboxylic acids is 4. The lowest BCUT2D eigenvalue weighted by Crippen LogP contribution is -2.41. The fourth-order valence-electron chi connectivity index (χ4n) is 5.84. The molecule has 1 aliphatic heterocycles. The van der Waals surface area contributed by atoms with Crippen molar-refractivity contribution in [2.75, 3.05) is 0 Å². The summed E-state index contributed by atoms with van der Waals surface area (Å²) in [7, 11) is -0.863. The van der Waals surface area contributed by atoms with Crippen LogP contribution in [0, 0.1) is 17.4 Å². The molecular weight excluding hydrogens is 1190 g/mol. The zero-order valence-electron chi connectivity index (χ0n) is 38.0. The van der Waals surface area contributed by atoms with Gasteiger partial charge in [-0.2, -0.15) is 99.6 Å². The molecule has 1 saturated heterocycles. The van der Waals surface area contributed by atoms with Crippen molar-refractivity contribution in [1.29, 1.82) is 0 Å². The van der Waals surface area contributed by atoms with Gasteiger partial charge in [-0.3, -0.25) is 27.8 Å². The highest BCUT2D eigenvalue weighted by atomic mass is 127. The second kappa shape index (κ2) is 24.7. The van der Waals surface area contributed by atoms with Gasteiger partial charge >= 0.3 is 56.0 Å². The van der Waals surface area contributed by atoms with Gasteiger partial charge in [-0.05, 0) is 99.5 Å². The fraction of sp³-hybridized carbons (Fsp3) is 0.429. The third-order valence-electron chi connectivity index (χ3n) is 10.1. The van der Waals surface area contributed by atoms with Crippen LogP contribution in [0.1, 0.15) is 65.1 Å². The molecule has 418 valence electrons. The van der Waals surface area contributed by atoms with Crippen LogP contribution in [-0.4, -0.2) is 93.2 Å². The molecule has 0 bridgehead atoms. The smallest absolute Gasteiger partial charge is 0.399 e. The number of hydrogen-bond acceptors (Lipinski definition) is 12. The maximum Gasteiger partial charge on any atom is 0.498 e. The lowest BCUT2D eigenvalue weighted by molar-refractivity contribution is -0.287. The largest absolute Gasteiger partial charge is 0.498 e. The summed E-state index contributed by atoms with van der Waals surface area (Å²) in [6.07, 6.45) is -14.8. The zero-order valence-corrected chi connectivity index (χ0v) is 40.2. The molecule has 0 saturated carbocycles. The van der Waals surface area contributed by atoms with E-state index in [0.29, 0.717) is 22.6 Å². The first-order chi connectivity index (χ1) is 33.6. The Labute approximate surface area is 431 Å². The predicted octanol–water partition coefficient (Wildman–Crippen LogP) is 9.19. The number of halogens is 17. The van der Waals surface area contributed by atoms with E-state index in [1.54, 1.807) is 47.6 Å². The first-order valence-electron chi connectivity index (χ1n) is 19.7. The third-order valence-corrected chi connectivity index (χ3v) is 11.1. The van der Waals surface area contributed by atoms with Crippen molar-refractivity contribution in [2.45, 2.75) is 117 Å². The number of nitrogens with zero attached hydrogens (tertiary/aromatic N) is 8. The number of alkyl halides is 16. The van der Waals surface area contributed by atoms with Crippen molar-refractivity contribution in [3.8, 4) is 11.1 Å². The molecule has 16 nitrogen and oxygen atoms in total. The van der Waals surface area contributed by atoms with Crippen LogP contribution in [0.4, 0.5) is 70.2 Å². The van der Waals surface area contributed by atoms with Crippen molar-refractivity contribution in [3.05, 3.63) is 108 Å². The van der Waals surface area contributed by atoms with Crippen LogP contribution in [-0.2, 0) is 53.9 Å². The highest BCUT2D eigenvalue weighted by Gasteiger charge is 2.59. The van der Waals surface area contributed by atoms with Crippen LogP contribution in [0.5, 0.6) is 0 Å². The Kier molecular flexibility index (Phi) is 21.9. The van der Waals surface area contributed by atoms with Gasteiger partial charge in [-0.1, -0.05) is 14.9 Å². The molecule has 0 aliphatic carbocycles. The van der Waals surface area contributed by atoms with Gasteiger partial charge in [0.05, 0.1) is 23.0 Å². The molecule has 1 fully saturated rings. The van der Waals surface area contributed by atoms with E-state index in [1.165, 1.54) is 53.2 Å². The van der Waals surface area contributed by atoms with Crippen molar-refractivity contribution >= 4 is 58.8 Å². The molecule has 7 rings (SSSR count). The maximum absolute atomic E-state index is 13.5. The van der Waals surface area contributed by atoms with E-state index in [0.717, 1.165) is 26.8 Å². The number of fused-ring (bicyclic) bond motifs is 2. The fourth-order valence-corrected chi connectivity index (χ4v) is 6.53. The molecule has 1 aliphatic rings. The average Bonchev–Trinajstić information content (AvgIpc) is 3.95. The van der Waals surface area contributed by atoms with E-state index < -0.39 is 105 Å². The minimum atomic E-state index is -5.88. The summed E-state index contributed by atoms with van der Waals surface area (Å²) >= 11 is 1.37. The molecule has 6 aromatic rings. The van der Waals surface area contributed by atoms with Crippen LogP contribution < -0.4 is 16.6 Å². The normalized spacial score (nSPS) is 14.2. The molecule has 34 heteroatoms. The highest BCUT2D eigenvalue weighted by molar-refractivity contribution is 14.1. The third kappa shape index (κ3) is 16.0. The molecule has 0 radical (unpaired) electrons. The molecule has 6 aromatic heterocycles. The lowest BCUT2D eigenvalue weighted by atomic mass is 9.82. The zero-order chi connectivity index (χ0) is 57.0. The lowest BCUT2D eigenvalue weighted by Gasteiger charge is -2.32. The van der Waals surface area contributed by atoms with Gasteiger partial charge in [0.15, 0.2) is 11.4 Å². The topological polar surface area (TPSA) is 191 Å². The minimum Gasteiger partial charge on any atom is -0.399 e. The van der Waals surface area contributed by atoms with Gasteiger partial charge in [0, 0.05) is 42.0 Å². The van der Waals surface area contributed by atoms with Gasteiger partial charge in [0.1, 0.15) is 28.0 Å². The van der Waals surface area contributed by atoms with Gasteiger partial charge < -0.3 is 9.31 Å². The molecule has 0 atom stereocenters. The molecule has 76 heavy (non-hydrogen) atoms. The Morgan fingerprint density at radius 1 is 0.605 bits per heavy atom. The number of pyridine rings is 2. The summed E-state index contributed by atoms with van der Waals surface area (Å²) < 4.78 is 218. The summed E-state index contributed by atoms with van der Waals surface area (Å²) in [6, 6.07) is 5.74. The van der Waals surface area contributed by atoms with Gasteiger partial charge in [-0.25, -0.2) is 9.97 Å². The molecule has 0 N–H and O–H groups in total. The second-order valence-electron chi connectivity index (χ2n) is 16.1. The molecule has 0 amide bonds. The van der Waals surface area contributed by atoms with E-state index in [1.807, 2.05) is 0 Å². The molecule has 0 spiro atoms. The van der Waals surface area contributed by atoms with E-state index >= 15 is 0 Å². The first kappa shape index (κ1) is 67.5. The van der Waals surface area contributed by atoms with E-state index in [2.05, 4.69) is 20.2 Å². The Hall–Kier alpha value is -6.51. The summed E-state index contributed by atoms with van der Waals surface area (Å²) in [5.41, 5.74) is -6.25. The number of rotatable bonds is 6. The van der Waals surface area contributed by atoms with Gasteiger partial charge in [-0.15, -0.1) is 0 Å². The minimum absolute atomic E-state index is 0. The van der Waals surface area contributed by atoms with Crippen LogP contribution in [0.25, 0.3) is 22.4 Å². The van der Waals surface area contributed by atoms with Crippen molar-refractivity contribution in [2.24, 2.45) is 0 Å². The number of aromatic nitrogens is 8. The summed E-state index contributed by atoms with van der Waals surface area (Å²) in [5.74, 6) is -10.0. The van der Waals surface area contributed by atoms with Gasteiger partial charge in [0.25, 0.3) is 11.1 Å². The highest BCUT2D eigenvalue weighted by Crippen LogP contribution is 2.40. The Morgan fingerprint density at radius 2 is 0.974 bits per heavy atom. The molecule has 0 unspecified atom stereocenters. The van der Waals surface area contributed by atoms with E-state index in [9.17, 15) is 79.8 Å². The van der Waals surface area contributed by atoms with Crippen molar-refractivity contribution in [1.82, 2.24) is 38.3 Å². The number of hydrogen-bond donors (Lipinski definition) is 0. The van der Waals surface area contributed by atoms with Crippen LogP contribution in [0.2, 0.25) is 0 Å². The molecule has 0 aromatic carbocycles. The van der Waals surface area contributed by atoms with Crippen LogP contribution >= 0.6 is 22.6 Å². The van der Waals surface area contributed by atoms with Crippen molar-refractivity contribution < 1.29 is 98.7 Å². The van der Waals surface area contributed by atoms with Crippen LogP contribution in [0.15, 0.2) is 71.0 Å². The predicted molar refractivity (Wildman–Crippen MR) is 240 cm³/mol. The Bertz CT molecular complexity index is 3130. The summed E-state index contributed by atoms with van der Waals surface area (Å²) in [6.45, 7) is 6.94.